The Kier molecular flexibility index (Phi) is 4.52. The van der Waals surface area contributed by atoms with E-state index in [1.54, 1.807) is 4.90 Å². The Morgan fingerprint density at radius 2 is 2.26 bits per heavy atom. The Morgan fingerprint density at radius 3 is 2.96 bits per heavy atom. The molecule has 0 radical (unpaired) electrons. The summed E-state index contributed by atoms with van der Waals surface area (Å²) >= 11 is 0. The lowest BCUT2D eigenvalue weighted by molar-refractivity contribution is 0.0743. The van der Waals surface area contributed by atoms with Crippen molar-refractivity contribution in [3.8, 4) is 0 Å². The fourth-order valence-electron chi connectivity index (χ4n) is 3.44. The molecule has 2 saturated heterocycles. The zero-order valence-electron chi connectivity index (χ0n) is 13.5. The van der Waals surface area contributed by atoms with Gasteiger partial charge in [-0.2, -0.15) is 0 Å². The van der Waals surface area contributed by atoms with E-state index in [0.29, 0.717) is 37.7 Å². The molecule has 2 aliphatic heterocycles. The molecule has 2 unspecified atom stereocenters. The molecule has 2 heterocycles. The van der Waals surface area contributed by atoms with Gasteiger partial charge in [-0.05, 0) is 50.4 Å². The Balaban J connectivity index is 1.79. The molecule has 2 fully saturated rings. The first-order valence-electron chi connectivity index (χ1n) is 8.26. The summed E-state index contributed by atoms with van der Waals surface area (Å²) in [4.78, 5) is 28.4. The van der Waals surface area contributed by atoms with Crippen LogP contribution in [0.2, 0.25) is 0 Å². The zero-order chi connectivity index (χ0) is 16.4. The van der Waals surface area contributed by atoms with Crippen LogP contribution in [0.1, 0.15) is 30.1 Å². The molecule has 1 aromatic carbocycles. The number of benzene rings is 1. The van der Waals surface area contributed by atoms with Crippen LogP contribution in [0.5, 0.6) is 0 Å². The average Bonchev–Trinajstić information content (AvgIpc) is 2.96. The largest absolute Gasteiger partial charge is 0.338 e. The fraction of sp³-hybridized carbons (Fsp3) is 0.529. The lowest BCUT2D eigenvalue weighted by Gasteiger charge is -2.28. The fourth-order valence-corrected chi connectivity index (χ4v) is 3.44. The number of anilines is 1. The second kappa shape index (κ2) is 6.58. The van der Waals surface area contributed by atoms with Gasteiger partial charge in [0.1, 0.15) is 0 Å². The number of hydrogen-bond acceptors (Lipinski definition) is 3. The lowest BCUT2D eigenvalue weighted by atomic mass is 10.1. The van der Waals surface area contributed by atoms with Gasteiger partial charge in [0.2, 0.25) is 0 Å². The van der Waals surface area contributed by atoms with Crippen molar-refractivity contribution >= 4 is 17.6 Å². The number of rotatable bonds is 3. The molecule has 0 aliphatic carbocycles. The highest BCUT2D eigenvalue weighted by atomic mass is 16.2. The van der Waals surface area contributed by atoms with Crippen molar-refractivity contribution in [1.82, 2.24) is 10.2 Å². The molecule has 0 bridgehead atoms. The molecule has 2 aliphatic rings. The van der Waals surface area contributed by atoms with Gasteiger partial charge in [-0.1, -0.05) is 6.07 Å². The van der Waals surface area contributed by atoms with Crippen molar-refractivity contribution in [2.24, 2.45) is 11.7 Å². The molecular weight excluding hydrogens is 292 g/mol. The molecular formula is C17H24N4O2. The molecule has 6 nitrogen and oxygen atoms in total. The van der Waals surface area contributed by atoms with Gasteiger partial charge in [-0.3, -0.25) is 9.69 Å². The predicted octanol–water partition coefficient (Wildman–Crippen LogP) is 1.42. The summed E-state index contributed by atoms with van der Waals surface area (Å²) in [5.74, 6) is 0.401. The van der Waals surface area contributed by atoms with Crippen LogP contribution >= 0.6 is 0 Å². The number of nitrogens with one attached hydrogen (secondary N) is 1. The van der Waals surface area contributed by atoms with Crippen LogP contribution in [-0.4, -0.2) is 49.1 Å². The second-order valence-corrected chi connectivity index (χ2v) is 6.43. The summed E-state index contributed by atoms with van der Waals surface area (Å²) < 4.78 is 0. The van der Waals surface area contributed by atoms with E-state index in [4.69, 9.17) is 5.73 Å². The van der Waals surface area contributed by atoms with Crippen LogP contribution in [0.4, 0.5) is 10.5 Å². The highest BCUT2D eigenvalue weighted by Gasteiger charge is 2.32. The van der Waals surface area contributed by atoms with Gasteiger partial charge in [0.15, 0.2) is 0 Å². The normalized spacial score (nSPS) is 24.7. The van der Waals surface area contributed by atoms with E-state index in [-0.39, 0.29) is 18.0 Å². The molecule has 0 spiro atoms. The second-order valence-electron chi connectivity index (χ2n) is 6.43. The van der Waals surface area contributed by atoms with Gasteiger partial charge in [0.05, 0.1) is 0 Å². The maximum absolute atomic E-state index is 12.8. The average molecular weight is 316 g/mol. The Labute approximate surface area is 136 Å². The van der Waals surface area contributed by atoms with E-state index in [1.807, 2.05) is 29.2 Å². The number of carbonyl (C=O) groups excluding carboxylic acids is 2. The molecule has 6 heteroatoms. The van der Waals surface area contributed by atoms with Crippen LogP contribution in [0.15, 0.2) is 24.3 Å². The number of urea groups is 1. The number of carbonyl (C=O) groups is 2. The van der Waals surface area contributed by atoms with Crippen LogP contribution in [0, 0.1) is 5.92 Å². The molecule has 3 amide bonds. The molecule has 124 valence electrons. The van der Waals surface area contributed by atoms with Crippen molar-refractivity contribution in [3.05, 3.63) is 29.8 Å². The van der Waals surface area contributed by atoms with Crippen molar-refractivity contribution in [3.63, 3.8) is 0 Å². The summed E-state index contributed by atoms with van der Waals surface area (Å²) in [6, 6.07) is 7.45. The number of hydrogen-bond donors (Lipinski definition) is 2. The van der Waals surface area contributed by atoms with E-state index in [9.17, 15) is 9.59 Å². The van der Waals surface area contributed by atoms with E-state index in [2.05, 4.69) is 12.2 Å². The molecule has 1 aromatic rings. The number of nitrogens with two attached hydrogens (primary N) is 1. The first-order valence-corrected chi connectivity index (χ1v) is 8.26. The third-order valence-electron chi connectivity index (χ3n) is 4.74. The molecule has 23 heavy (non-hydrogen) atoms. The van der Waals surface area contributed by atoms with E-state index in [1.165, 1.54) is 0 Å². The van der Waals surface area contributed by atoms with Gasteiger partial charge in [0.25, 0.3) is 5.91 Å². The Morgan fingerprint density at radius 1 is 1.43 bits per heavy atom. The number of likely N-dealkylation sites (tertiary alicyclic amines) is 1. The van der Waals surface area contributed by atoms with Crippen LogP contribution in [0.3, 0.4) is 0 Å². The molecule has 0 aromatic heterocycles. The van der Waals surface area contributed by atoms with E-state index < -0.39 is 0 Å². The predicted molar refractivity (Wildman–Crippen MR) is 89.5 cm³/mol. The van der Waals surface area contributed by atoms with Crippen LogP contribution < -0.4 is 16.0 Å². The minimum Gasteiger partial charge on any atom is -0.338 e. The highest BCUT2D eigenvalue weighted by molar-refractivity contribution is 5.98. The maximum Gasteiger partial charge on any atom is 0.321 e. The summed E-state index contributed by atoms with van der Waals surface area (Å²) in [7, 11) is 0. The van der Waals surface area contributed by atoms with Crippen molar-refractivity contribution < 1.29 is 9.59 Å². The Bertz CT molecular complexity index is 604. The van der Waals surface area contributed by atoms with Gasteiger partial charge >= 0.3 is 6.03 Å². The monoisotopic (exact) mass is 316 g/mol. The smallest absolute Gasteiger partial charge is 0.321 e. The van der Waals surface area contributed by atoms with E-state index in [0.717, 1.165) is 18.5 Å². The summed E-state index contributed by atoms with van der Waals surface area (Å²) in [5.41, 5.74) is 7.15. The van der Waals surface area contributed by atoms with E-state index >= 15 is 0 Å². The van der Waals surface area contributed by atoms with Crippen molar-refractivity contribution in [2.45, 2.75) is 25.8 Å². The highest BCUT2D eigenvalue weighted by Crippen LogP contribution is 2.26. The first kappa shape index (κ1) is 15.8. The lowest BCUT2D eigenvalue weighted by Crippen LogP contribution is -2.46. The minimum atomic E-state index is -0.0985. The topological polar surface area (TPSA) is 78.7 Å². The molecule has 3 rings (SSSR count). The summed E-state index contributed by atoms with van der Waals surface area (Å²) in [6.07, 6.45) is 1.86. The summed E-state index contributed by atoms with van der Waals surface area (Å²) in [6.45, 7) is 4.78. The van der Waals surface area contributed by atoms with Gasteiger partial charge in [0, 0.05) is 36.9 Å². The molecule has 3 N–H and O–H groups in total. The van der Waals surface area contributed by atoms with Gasteiger partial charge < -0.3 is 16.0 Å². The van der Waals surface area contributed by atoms with Crippen LogP contribution in [-0.2, 0) is 0 Å². The maximum atomic E-state index is 12.8. The molecule has 2 atom stereocenters. The quantitative estimate of drug-likeness (QED) is 0.885. The third-order valence-corrected chi connectivity index (χ3v) is 4.74. The zero-order valence-corrected chi connectivity index (χ0v) is 13.5. The molecule has 0 saturated carbocycles. The summed E-state index contributed by atoms with van der Waals surface area (Å²) in [5, 5.41) is 2.83. The van der Waals surface area contributed by atoms with Gasteiger partial charge in [-0.15, -0.1) is 0 Å². The van der Waals surface area contributed by atoms with Crippen LogP contribution in [0.25, 0.3) is 0 Å². The minimum absolute atomic E-state index is 0.0210. The SMILES string of the molecule is CC1CC(CN)CN1C(=O)c1cccc(N2CCCNC2=O)c1. The number of amides is 3. The standard InChI is InChI=1S/C17H24N4O2/c1-12-8-13(10-18)11-21(12)16(22)14-4-2-5-15(9-14)20-7-3-6-19-17(20)23/h2,4-5,9,12-13H,3,6-8,10-11,18H2,1H3,(H,19,23). The van der Waals surface area contributed by atoms with Crippen molar-refractivity contribution in [2.75, 3.05) is 31.1 Å². The van der Waals surface area contributed by atoms with Crippen molar-refractivity contribution in [1.29, 1.82) is 0 Å². The first-order chi connectivity index (χ1) is 11.1. The van der Waals surface area contributed by atoms with Gasteiger partial charge in [-0.25, -0.2) is 4.79 Å². The number of nitrogens with zero attached hydrogens (tertiary/aromatic N) is 2. The third kappa shape index (κ3) is 3.17. The Hall–Kier alpha value is -2.08.